The molecule has 10 heteroatoms. The van der Waals surface area contributed by atoms with Crippen LogP contribution in [0.2, 0.25) is 0 Å². The first-order chi connectivity index (χ1) is 13.3. The predicted octanol–water partition coefficient (Wildman–Crippen LogP) is 4.50. The van der Waals surface area contributed by atoms with Crippen LogP contribution < -0.4 is 0 Å². The molecule has 0 fully saturated rings. The Hall–Kier alpha value is -2.91. The van der Waals surface area contributed by atoms with Gasteiger partial charge >= 0.3 is 0 Å². The van der Waals surface area contributed by atoms with Crippen molar-refractivity contribution >= 4 is 6.29 Å². The topological polar surface area (TPSA) is 146 Å². The van der Waals surface area contributed by atoms with E-state index in [9.17, 15) is 35.1 Å². The molecule has 0 saturated carbocycles. The van der Waals surface area contributed by atoms with E-state index in [1.165, 1.54) is 12.2 Å². The fourth-order valence-electron chi connectivity index (χ4n) is 2.44. The molecule has 0 aromatic rings. The standard InChI is InChI=1S/C18H26N3O7/c1-2-10-17(20(25)26)15-18(21(27)28)13-12-16(19(23)24)11-8-6-4-3-5-7-9-14-22/h10-11,13H,2-9,12,15H2,1H3/b16-11+,17-10+,18-13+. The lowest BCUT2D eigenvalue weighted by Crippen LogP contribution is -2.07. The van der Waals surface area contributed by atoms with Crippen LogP contribution in [0.5, 0.6) is 0 Å². The summed E-state index contributed by atoms with van der Waals surface area (Å²) in [6.45, 7) is 1.67. The highest BCUT2D eigenvalue weighted by atomic mass is 16.6. The van der Waals surface area contributed by atoms with E-state index in [0.717, 1.165) is 38.2 Å². The van der Waals surface area contributed by atoms with Crippen LogP contribution >= 0.6 is 0 Å². The van der Waals surface area contributed by atoms with E-state index in [1.807, 2.05) is 6.29 Å². The summed E-state index contributed by atoms with van der Waals surface area (Å²) in [4.78, 5) is 41.2. The van der Waals surface area contributed by atoms with Crippen molar-refractivity contribution in [3.8, 4) is 0 Å². The van der Waals surface area contributed by atoms with Gasteiger partial charge in [-0.05, 0) is 37.8 Å². The van der Waals surface area contributed by atoms with E-state index in [0.29, 0.717) is 19.3 Å². The number of nitrogens with zero attached hydrogens (tertiary/aromatic N) is 3. The Morgan fingerprint density at radius 3 is 1.86 bits per heavy atom. The predicted molar refractivity (Wildman–Crippen MR) is 103 cm³/mol. The summed E-state index contributed by atoms with van der Waals surface area (Å²) in [6.07, 6.45) is 10.3. The molecule has 0 unspecified atom stereocenters. The van der Waals surface area contributed by atoms with Gasteiger partial charge in [-0.15, -0.1) is 0 Å². The van der Waals surface area contributed by atoms with Crippen molar-refractivity contribution in [2.75, 3.05) is 0 Å². The number of hydrogen-bond donors (Lipinski definition) is 0. The van der Waals surface area contributed by atoms with Crippen molar-refractivity contribution < 1.29 is 19.6 Å². The fraction of sp³-hybridized carbons (Fsp3) is 0.611. The number of allylic oxidation sites excluding steroid dienone is 3. The number of rotatable bonds is 16. The number of carbonyl (C=O) groups excluding carboxylic acids is 1. The van der Waals surface area contributed by atoms with Gasteiger partial charge in [-0.2, -0.15) is 0 Å². The van der Waals surface area contributed by atoms with Gasteiger partial charge in [-0.3, -0.25) is 35.1 Å². The summed E-state index contributed by atoms with van der Waals surface area (Å²) < 4.78 is 0. The van der Waals surface area contributed by atoms with Gasteiger partial charge in [0.2, 0.25) is 5.70 Å². The summed E-state index contributed by atoms with van der Waals surface area (Å²) in [5, 5.41) is 33.2. The molecule has 28 heavy (non-hydrogen) atoms. The number of hydrogen-bond acceptors (Lipinski definition) is 7. The molecule has 0 spiro atoms. The first-order valence-electron chi connectivity index (χ1n) is 9.18. The molecule has 0 aliphatic rings. The molecule has 1 radical (unpaired) electrons. The second kappa shape index (κ2) is 15.2. The SMILES string of the molecule is CC/C=C(\C/C(=C\C/C(=C\CCCCCCC[C]=O)[N+](=O)[O-])[N+](=O)[O-])[N+](=O)[O-]. The fourth-order valence-corrected chi connectivity index (χ4v) is 2.44. The summed E-state index contributed by atoms with van der Waals surface area (Å²) in [6, 6.07) is 0. The Labute approximate surface area is 163 Å². The van der Waals surface area contributed by atoms with E-state index in [2.05, 4.69) is 0 Å². The van der Waals surface area contributed by atoms with E-state index in [4.69, 9.17) is 0 Å². The van der Waals surface area contributed by atoms with E-state index in [1.54, 1.807) is 6.92 Å². The molecule has 0 rings (SSSR count). The number of unbranched alkanes of at least 4 members (excludes halogenated alkanes) is 6. The van der Waals surface area contributed by atoms with Crippen LogP contribution in [-0.4, -0.2) is 21.1 Å². The molecule has 0 saturated heterocycles. The zero-order chi connectivity index (χ0) is 21.4. The molecule has 0 aromatic heterocycles. The van der Waals surface area contributed by atoms with E-state index >= 15 is 0 Å². The van der Waals surface area contributed by atoms with Gasteiger partial charge in [-0.1, -0.05) is 26.2 Å². The molecule has 0 bridgehead atoms. The van der Waals surface area contributed by atoms with Crippen LogP contribution in [0, 0.1) is 30.3 Å². The second-order valence-electron chi connectivity index (χ2n) is 6.10. The van der Waals surface area contributed by atoms with Gasteiger partial charge in [0.15, 0.2) is 6.29 Å². The molecule has 0 aliphatic heterocycles. The van der Waals surface area contributed by atoms with Gasteiger partial charge in [0.1, 0.15) is 6.42 Å². The Bertz CT molecular complexity index is 639. The van der Waals surface area contributed by atoms with Crippen molar-refractivity contribution in [3.63, 3.8) is 0 Å². The van der Waals surface area contributed by atoms with Crippen molar-refractivity contribution in [2.24, 2.45) is 0 Å². The average Bonchev–Trinajstić information content (AvgIpc) is 2.63. The molecule has 0 heterocycles. The maximum Gasteiger partial charge on any atom is 0.253 e. The zero-order valence-corrected chi connectivity index (χ0v) is 16.0. The van der Waals surface area contributed by atoms with Gasteiger partial charge in [0.25, 0.3) is 11.4 Å². The quantitative estimate of drug-likeness (QED) is 0.212. The first-order valence-corrected chi connectivity index (χ1v) is 9.18. The maximum atomic E-state index is 11.1. The maximum absolute atomic E-state index is 11.1. The minimum atomic E-state index is -0.749. The highest BCUT2D eigenvalue weighted by molar-refractivity contribution is 5.50. The summed E-state index contributed by atoms with van der Waals surface area (Å²) in [5.41, 5.74) is -0.905. The van der Waals surface area contributed by atoms with Gasteiger partial charge in [0, 0.05) is 12.5 Å². The molecule has 155 valence electrons. The summed E-state index contributed by atoms with van der Waals surface area (Å²) >= 11 is 0. The van der Waals surface area contributed by atoms with Gasteiger partial charge in [0.05, 0.1) is 21.2 Å². The molecule has 0 atom stereocenters. The molecule has 0 aliphatic carbocycles. The van der Waals surface area contributed by atoms with Crippen LogP contribution in [0.1, 0.15) is 71.1 Å². The molecule has 0 amide bonds. The number of nitro groups is 3. The van der Waals surface area contributed by atoms with Crippen molar-refractivity contribution in [3.05, 3.63) is 65.7 Å². The van der Waals surface area contributed by atoms with Crippen LogP contribution in [0.3, 0.4) is 0 Å². The van der Waals surface area contributed by atoms with Crippen LogP contribution in [0.25, 0.3) is 0 Å². The van der Waals surface area contributed by atoms with Crippen LogP contribution in [0.15, 0.2) is 35.3 Å². The minimum absolute atomic E-state index is 0.169. The highest BCUT2D eigenvalue weighted by Gasteiger charge is 2.22. The second-order valence-corrected chi connectivity index (χ2v) is 6.10. The lowest BCUT2D eigenvalue weighted by Gasteiger charge is -2.00. The van der Waals surface area contributed by atoms with Crippen LogP contribution in [0.4, 0.5) is 0 Å². The summed E-state index contributed by atoms with van der Waals surface area (Å²) in [7, 11) is 0. The van der Waals surface area contributed by atoms with E-state index in [-0.39, 0.29) is 17.8 Å². The normalized spacial score (nSPS) is 12.7. The first kappa shape index (κ1) is 25.1. The Morgan fingerprint density at radius 2 is 1.32 bits per heavy atom. The molecular formula is C18H26N3O7. The van der Waals surface area contributed by atoms with E-state index < -0.39 is 26.9 Å². The van der Waals surface area contributed by atoms with Gasteiger partial charge in [-0.25, -0.2) is 0 Å². The minimum Gasteiger partial charge on any atom is -0.291 e. The molecular weight excluding hydrogens is 370 g/mol. The zero-order valence-electron chi connectivity index (χ0n) is 16.0. The third kappa shape index (κ3) is 11.7. The average molecular weight is 396 g/mol. The third-order valence-electron chi connectivity index (χ3n) is 3.92. The lowest BCUT2D eigenvalue weighted by molar-refractivity contribution is -0.450. The Kier molecular flexibility index (Phi) is 13.6. The Balaban J connectivity index is 4.82. The van der Waals surface area contributed by atoms with Crippen molar-refractivity contribution in [1.29, 1.82) is 0 Å². The van der Waals surface area contributed by atoms with Crippen molar-refractivity contribution in [1.82, 2.24) is 0 Å². The molecule has 0 aromatic carbocycles. The van der Waals surface area contributed by atoms with Crippen molar-refractivity contribution in [2.45, 2.75) is 71.1 Å². The highest BCUT2D eigenvalue weighted by Crippen LogP contribution is 2.17. The smallest absolute Gasteiger partial charge is 0.253 e. The molecule has 10 nitrogen and oxygen atoms in total. The largest absolute Gasteiger partial charge is 0.291 e. The lowest BCUT2D eigenvalue weighted by atomic mass is 10.1. The van der Waals surface area contributed by atoms with Crippen LogP contribution in [-0.2, 0) is 4.79 Å². The molecule has 0 N–H and O–H groups in total. The van der Waals surface area contributed by atoms with Gasteiger partial charge < -0.3 is 0 Å². The summed E-state index contributed by atoms with van der Waals surface area (Å²) in [5.74, 6) is 0. The monoisotopic (exact) mass is 396 g/mol. The Morgan fingerprint density at radius 1 is 0.786 bits per heavy atom. The third-order valence-corrected chi connectivity index (χ3v) is 3.92.